The highest BCUT2D eigenvalue weighted by atomic mass is 31.0. The van der Waals surface area contributed by atoms with Crippen molar-refractivity contribution in [1.82, 2.24) is 0 Å². The van der Waals surface area contributed by atoms with Gasteiger partial charge >= 0.3 is 0 Å². The largest absolute Gasteiger partial charge is 0.270 e. The minimum absolute atomic E-state index is 0.0576. The molecule has 5 heteroatoms. The van der Waals surface area contributed by atoms with Gasteiger partial charge in [0.25, 0.3) is 5.69 Å². The number of non-ortho nitro benzene ring substituents is 1. The standard InChI is InChI=1S/C7H5N2O2P/c8-4-5-3-6(9(10)11)1-2-7(5)12/h1-3H,12H2. The van der Waals surface area contributed by atoms with Crippen molar-refractivity contribution in [2.45, 2.75) is 0 Å². The van der Waals surface area contributed by atoms with Gasteiger partial charge in [-0.2, -0.15) is 5.26 Å². The topological polar surface area (TPSA) is 66.9 Å². The van der Waals surface area contributed by atoms with E-state index in [1.54, 1.807) is 0 Å². The summed E-state index contributed by atoms with van der Waals surface area (Å²) in [6.45, 7) is 0. The van der Waals surface area contributed by atoms with Crippen LogP contribution in [0.2, 0.25) is 0 Å². The van der Waals surface area contributed by atoms with Crippen LogP contribution in [0.1, 0.15) is 5.56 Å². The van der Waals surface area contributed by atoms with Crippen LogP contribution in [-0.2, 0) is 0 Å². The SMILES string of the molecule is N#Cc1cc([N+](=O)[O-])ccc1P. The molecule has 0 aliphatic rings. The van der Waals surface area contributed by atoms with Crippen LogP contribution in [0.3, 0.4) is 0 Å². The molecule has 0 amide bonds. The Labute approximate surface area is 71.2 Å². The molecule has 0 aliphatic heterocycles. The second kappa shape index (κ2) is 3.29. The van der Waals surface area contributed by atoms with Crippen LogP contribution < -0.4 is 5.30 Å². The molecular weight excluding hydrogens is 175 g/mol. The van der Waals surface area contributed by atoms with Gasteiger partial charge in [-0.3, -0.25) is 10.1 Å². The Bertz CT molecular complexity index is 370. The summed E-state index contributed by atoms with van der Waals surface area (Å²) in [5.41, 5.74) is 0.256. The van der Waals surface area contributed by atoms with E-state index in [0.29, 0.717) is 10.9 Å². The van der Waals surface area contributed by atoms with Gasteiger partial charge in [0.1, 0.15) is 6.07 Å². The molecule has 1 rings (SSSR count). The molecule has 1 aromatic carbocycles. The van der Waals surface area contributed by atoms with E-state index < -0.39 is 4.92 Å². The number of nitriles is 1. The van der Waals surface area contributed by atoms with E-state index in [1.165, 1.54) is 18.2 Å². The molecule has 0 radical (unpaired) electrons. The van der Waals surface area contributed by atoms with Gasteiger partial charge in [0.05, 0.1) is 10.5 Å². The Balaban J connectivity index is 3.25. The first-order valence-electron chi connectivity index (χ1n) is 3.09. The minimum atomic E-state index is -0.523. The highest BCUT2D eigenvalue weighted by Gasteiger charge is 2.07. The average Bonchev–Trinajstić information content (AvgIpc) is 2.05. The molecule has 12 heavy (non-hydrogen) atoms. The molecule has 0 aromatic heterocycles. The van der Waals surface area contributed by atoms with Crippen molar-refractivity contribution in [1.29, 1.82) is 5.26 Å². The van der Waals surface area contributed by atoms with Crippen molar-refractivity contribution in [3.8, 4) is 6.07 Å². The lowest BCUT2D eigenvalue weighted by molar-refractivity contribution is -0.384. The highest BCUT2D eigenvalue weighted by Crippen LogP contribution is 2.12. The van der Waals surface area contributed by atoms with Gasteiger partial charge in [0.2, 0.25) is 0 Å². The normalized spacial score (nSPS) is 9.00. The Kier molecular flexibility index (Phi) is 2.37. The molecule has 0 saturated heterocycles. The zero-order valence-electron chi connectivity index (χ0n) is 6.02. The Hall–Kier alpha value is -1.46. The first kappa shape index (κ1) is 8.63. The molecule has 0 fully saturated rings. The van der Waals surface area contributed by atoms with E-state index in [1.807, 2.05) is 6.07 Å². The summed E-state index contributed by atoms with van der Waals surface area (Å²) >= 11 is 0. The van der Waals surface area contributed by atoms with E-state index >= 15 is 0 Å². The van der Waals surface area contributed by atoms with Crippen LogP contribution in [0.4, 0.5) is 5.69 Å². The molecule has 1 unspecified atom stereocenters. The van der Waals surface area contributed by atoms with Crippen LogP contribution in [0, 0.1) is 21.4 Å². The fraction of sp³-hybridized carbons (Fsp3) is 0. The average molecular weight is 180 g/mol. The molecule has 0 bridgehead atoms. The first-order valence-corrected chi connectivity index (χ1v) is 3.67. The maximum Gasteiger partial charge on any atom is 0.270 e. The Morgan fingerprint density at radius 2 is 2.25 bits per heavy atom. The van der Waals surface area contributed by atoms with Gasteiger partial charge in [0, 0.05) is 12.1 Å². The smallest absolute Gasteiger partial charge is 0.258 e. The van der Waals surface area contributed by atoms with Gasteiger partial charge in [-0.15, -0.1) is 9.24 Å². The fourth-order valence-corrected chi connectivity index (χ4v) is 0.999. The van der Waals surface area contributed by atoms with Crippen molar-refractivity contribution < 1.29 is 4.92 Å². The Morgan fingerprint density at radius 3 is 2.75 bits per heavy atom. The van der Waals surface area contributed by atoms with Crippen LogP contribution in [0.15, 0.2) is 18.2 Å². The van der Waals surface area contributed by atoms with E-state index in [2.05, 4.69) is 9.24 Å². The van der Waals surface area contributed by atoms with Crippen LogP contribution >= 0.6 is 9.24 Å². The van der Waals surface area contributed by atoms with Gasteiger partial charge in [-0.05, 0) is 11.4 Å². The van der Waals surface area contributed by atoms with Gasteiger partial charge in [-0.1, -0.05) is 0 Å². The maximum atomic E-state index is 10.3. The zero-order chi connectivity index (χ0) is 9.14. The third-order valence-corrected chi connectivity index (χ3v) is 1.87. The van der Waals surface area contributed by atoms with Crippen LogP contribution in [0.5, 0.6) is 0 Å². The summed E-state index contributed by atoms with van der Waals surface area (Å²) < 4.78 is 0. The lowest BCUT2D eigenvalue weighted by atomic mass is 10.2. The minimum Gasteiger partial charge on any atom is -0.258 e. The molecule has 60 valence electrons. The van der Waals surface area contributed by atoms with E-state index in [9.17, 15) is 10.1 Å². The number of rotatable bonds is 1. The van der Waals surface area contributed by atoms with Crippen molar-refractivity contribution in [3.05, 3.63) is 33.9 Å². The number of nitro benzene ring substituents is 1. The predicted molar refractivity (Wildman–Crippen MR) is 47.2 cm³/mol. The number of benzene rings is 1. The molecule has 0 heterocycles. The molecule has 0 saturated carbocycles. The second-order valence-corrected chi connectivity index (χ2v) is 2.76. The molecular formula is C7H5N2O2P. The van der Waals surface area contributed by atoms with Crippen molar-refractivity contribution in [2.24, 2.45) is 0 Å². The predicted octanol–water partition coefficient (Wildman–Crippen LogP) is 0.967. The summed E-state index contributed by atoms with van der Waals surface area (Å²) in [6.07, 6.45) is 0. The number of hydrogen-bond acceptors (Lipinski definition) is 3. The third kappa shape index (κ3) is 1.58. The summed E-state index contributed by atoms with van der Waals surface area (Å²) in [7, 11) is 2.34. The summed E-state index contributed by atoms with van der Waals surface area (Å²) in [5, 5.41) is 19.5. The summed E-state index contributed by atoms with van der Waals surface area (Å²) in [5.74, 6) is 0. The van der Waals surface area contributed by atoms with Crippen LogP contribution in [-0.4, -0.2) is 4.92 Å². The first-order chi connectivity index (χ1) is 5.65. The summed E-state index contributed by atoms with van der Waals surface area (Å²) in [6, 6.07) is 6.01. The molecule has 4 nitrogen and oxygen atoms in total. The quantitative estimate of drug-likeness (QED) is 0.367. The van der Waals surface area contributed by atoms with Gasteiger partial charge < -0.3 is 0 Å². The number of hydrogen-bond donors (Lipinski definition) is 0. The van der Waals surface area contributed by atoms with Crippen LogP contribution in [0.25, 0.3) is 0 Å². The lowest BCUT2D eigenvalue weighted by Crippen LogP contribution is -1.98. The van der Waals surface area contributed by atoms with Crippen molar-refractivity contribution in [3.63, 3.8) is 0 Å². The monoisotopic (exact) mass is 180 g/mol. The maximum absolute atomic E-state index is 10.3. The van der Waals surface area contributed by atoms with Gasteiger partial charge in [-0.25, -0.2) is 0 Å². The van der Waals surface area contributed by atoms with E-state index in [0.717, 1.165) is 0 Å². The molecule has 0 spiro atoms. The molecule has 0 N–H and O–H groups in total. The highest BCUT2D eigenvalue weighted by molar-refractivity contribution is 7.27. The Morgan fingerprint density at radius 1 is 1.58 bits per heavy atom. The van der Waals surface area contributed by atoms with E-state index in [-0.39, 0.29) is 5.69 Å². The van der Waals surface area contributed by atoms with E-state index in [4.69, 9.17) is 5.26 Å². The molecule has 1 atom stereocenters. The number of nitro groups is 1. The van der Waals surface area contributed by atoms with Crippen molar-refractivity contribution in [2.75, 3.05) is 0 Å². The summed E-state index contributed by atoms with van der Waals surface area (Å²) in [4.78, 5) is 9.75. The van der Waals surface area contributed by atoms with Crippen molar-refractivity contribution >= 4 is 20.2 Å². The molecule has 0 aliphatic carbocycles. The number of nitrogens with zero attached hydrogens (tertiary/aromatic N) is 2. The molecule has 1 aromatic rings. The third-order valence-electron chi connectivity index (χ3n) is 1.37. The second-order valence-electron chi connectivity index (χ2n) is 2.14. The zero-order valence-corrected chi connectivity index (χ0v) is 7.18. The van der Waals surface area contributed by atoms with Gasteiger partial charge in [0.15, 0.2) is 0 Å². The lowest BCUT2D eigenvalue weighted by Gasteiger charge is -1.94. The fourth-order valence-electron chi connectivity index (χ4n) is 0.755.